The average molecular weight is 269 g/mol. The van der Waals surface area contributed by atoms with Crippen molar-refractivity contribution in [2.75, 3.05) is 13.7 Å². The van der Waals surface area contributed by atoms with Crippen LogP contribution in [-0.2, 0) is 4.74 Å². The van der Waals surface area contributed by atoms with Crippen molar-refractivity contribution in [2.45, 2.75) is 84.8 Å². The maximum atomic E-state index is 5.58. The van der Waals surface area contributed by atoms with Crippen LogP contribution in [-0.4, -0.2) is 25.3 Å². The summed E-state index contributed by atoms with van der Waals surface area (Å²) in [5.74, 6) is 0.826. The van der Waals surface area contributed by atoms with Crippen molar-refractivity contribution in [3.63, 3.8) is 0 Å². The van der Waals surface area contributed by atoms with E-state index in [-0.39, 0.29) is 5.60 Å². The Bertz CT molecular complexity index is 260. The molecule has 2 unspecified atom stereocenters. The molecule has 0 aromatic heterocycles. The van der Waals surface area contributed by atoms with Crippen molar-refractivity contribution in [3.05, 3.63) is 0 Å². The molecule has 1 rings (SSSR count). The quantitative estimate of drug-likeness (QED) is 0.706. The molecule has 2 heteroatoms. The van der Waals surface area contributed by atoms with Crippen molar-refractivity contribution in [1.82, 2.24) is 5.32 Å². The van der Waals surface area contributed by atoms with Crippen molar-refractivity contribution < 1.29 is 4.74 Å². The fraction of sp³-hybridized carbons (Fsp3) is 1.00. The number of methoxy groups -OCH3 is 1. The van der Waals surface area contributed by atoms with Gasteiger partial charge in [-0.1, -0.05) is 27.2 Å². The smallest absolute Gasteiger partial charge is 0.0623 e. The Morgan fingerprint density at radius 1 is 1.37 bits per heavy atom. The summed E-state index contributed by atoms with van der Waals surface area (Å²) in [7, 11) is 1.83. The third-order valence-corrected chi connectivity index (χ3v) is 5.09. The molecule has 2 atom stereocenters. The fourth-order valence-electron chi connectivity index (χ4n) is 3.48. The predicted octanol–water partition coefficient (Wildman–Crippen LogP) is 4.39. The van der Waals surface area contributed by atoms with Crippen LogP contribution < -0.4 is 5.32 Å². The Hall–Kier alpha value is -0.0800. The standard InChI is InChI=1S/C17H35NO/c1-7-13-18-15(10-12-17(4,5)19-6)14-9-8-11-16(14,2)3/h14-15,18H,7-13H2,1-6H3. The van der Waals surface area contributed by atoms with Crippen molar-refractivity contribution in [3.8, 4) is 0 Å². The van der Waals surface area contributed by atoms with E-state index >= 15 is 0 Å². The first-order chi connectivity index (χ1) is 8.82. The fourth-order valence-corrected chi connectivity index (χ4v) is 3.48. The van der Waals surface area contributed by atoms with Gasteiger partial charge >= 0.3 is 0 Å². The molecule has 0 saturated heterocycles. The first-order valence-corrected chi connectivity index (χ1v) is 8.11. The minimum atomic E-state index is 0.00882. The number of rotatable bonds is 8. The van der Waals surface area contributed by atoms with Gasteiger partial charge in [0.05, 0.1) is 5.60 Å². The lowest BCUT2D eigenvalue weighted by atomic mass is 9.75. The highest BCUT2D eigenvalue weighted by Gasteiger charge is 2.39. The first kappa shape index (κ1) is 17.0. The van der Waals surface area contributed by atoms with Crippen LogP contribution in [0.25, 0.3) is 0 Å². The topological polar surface area (TPSA) is 21.3 Å². The molecule has 1 aliphatic carbocycles. The van der Waals surface area contributed by atoms with E-state index in [0.717, 1.165) is 18.9 Å². The maximum absolute atomic E-state index is 5.58. The Morgan fingerprint density at radius 3 is 2.53 bits per heavy atom. The monoisotopic (exact) mass is 269 g/mol. The van der Waals surface area contributed by atoms with E-state index in [2.05, 4.69) is 39.9 Å². The minimum absolute atomic E-state index is 0.00882. The number of hydrogen-bond donors (Lipinski definition) is 1. The van der Waals surface area contributed by atoms with Crippen LogP contribution in [0.2, 0.25) is 0 Å². The zero-order valence-corrected chi connectivity index (χ0v) is 14.0. The molecule has 1 N–H and O–H groups in total. The highest BCUT2D eigenvalue weighted by atomic mass is 16.5. The molecule has 114 valence electrons. The second-order valence-electron chi connectivity index (χ2n) is 7.55. The molecule has 19 heavy (non-hydrogen) atoms. The molecule has 1 saturated carbocycles. The Kier molecular flexibility index (Phi) is 6.32. The molecule has 0 aromatic carbocycles. The second-order valence-corrected chi connectivity index (χ2v) is 7.55. The largest absolute Gasteiger partial charge is 0.379 e. The summed E-state index contributed by atoms with van der Waals surface area (Å²) in [6.07, 6.45) is 7.76. The number of nitrogens with one attached hydrogen (secondary N) is 1. The van der Waals surface area contributed by atoms with Crippen LogP contribution >= 0.6 is 0 Å². The predicted molar refractivity (Wildman–Crippen MR) is 83.5 cm³/mol. The van der Waals surface area contributed by atoms with Crippen molar-refractivity contribution in [2.24, 2.45) is 11.3 Å². The van der Waals surface area contributed by atoms with Crippen LogP contribution in [0, 0.1) is 11.3 Å². The van der Waals surface area contributed by atoms with Crippen LogP contribution in [0.3, 0.4) is 0 Å². The van der Waals surface area contributed by atoms with Gasteiger partial charge in [0.15, 0.2) is 0 Å². The summed E-state index contributed by atoms with van der Waals surface area (Å²) < 4.78 is 5.58. The van der Waals surface area contributed by atoms with E-state index in [1.165, 1.54) is 32.1 Å². The van der Waals surface area contributed by atoms with Crippen molar-refractivity contribution >= 4 is 0 Å². The average Bonchev–Trinajstić information content (AvgIpc) is 2.69. The zero-order chi connectivity index (χ0) is 14.5. The van der Waals surface area contributed by atoms with Crippen LogP contribution in [0.4, 0.5) is 0 Å². The van der Waals surface area contributed by atoms with Gasteiger partial charge in [-0.05, 0) is 63.8 Å². The maximum Gasteiger partial charge on any atom is 0.0623 e. The lowest BCUT2D eigenvalue weighted by Crippen LogP contribution is -2.42. The summed E-state index contributed by atoms with van der Waals surface area (Å²) in [5.41, 5.74) is 0.511. The van der Waals surface area contributed by atoms with Gasteiger partial charge < -0.3 is 10.1 Å². The third-order valence-electron chi connectivity index (χ3n) is 5.09. The summed E-state index contributed by atoms with van der Waals surface area (Å²) in [6.45, 7) is 12.7. The van der Waals surface area contributed by atoms with Crippen molar-refractivity contribution in [1.29, 1.82) is 0 Å². The summed E-state index contributed by atoms with van der Waals surface area (Å²) in [6, 6.07) is 0.659. The SMILES string of the molecule is CCCNC(CCC(C)(C)OC)C1CCCC1(C)C. The molecule has 0 radical (unpaired) electrons. The molecule has 0 amide bonds. The molecule has 0 spiro atoms. The highest BCUT2D eigenvalue weighted by Crippen LogP contribution is 2.45. The van der Waals surface area contributed by atoms with E-state index < -0.39 is 0 Å². The highest BCUT2D eigenvalue weighted by molar-refractivity contribution is 4.93. The number of ether oxygens (including phenoxy) is 1. The Morgan fingerprint density at radius 2 is 2.05 bits per heavy atom. The van der Waals surface area contributed by atoms with Gasteiger partial charge in [0, 0.05) is 13.2 Å². The normalized spacial score (nSPS) is 24.6. The van der Waals surface area contributed by atoms with E-state index in [4.69, 9.17) is 4.74 Å². The van der Waals surface area contributed by atoms with Gasteiger partial charge in [-0.3, -0.25) is 0 Å². The molecule has 2 nitrogen and oxygen atoms in total. The van der Waals surface area contributed by atoms with E-state index in [1.54, 1.807) is 0 Å². The molecular formula is C17H35NO. The Labute approximate surface area is 120 Å². The van der Waals surface area contributed by atoms with Gasteiger partial charge in [-0.25, -0.2) is 0 Å². The molecule has 1 fully saturated rings. The number of hydrogen-bond acceptors (Lipinski definition) is 2. The van der Waals surface area contributed by atoms with E-state index in [9.17, 15) is 0 Å². The van der Waals surface area contributed by atoms with Crippen LogP contribution in [0.5, 0.6) is 0 Å². The lowest BCUT2D eigenvalue weighted by molar-refractivity contribution is 0.00831. The lowest BCUT2D eigenvalue weighted by Gasteiger charge is -2.36. The van der Waals surface area contributed by atoms with Gasteiger partial charge in [0.1, 0.15) is 0 Å². The molecule has 1 aliphatic rings. The minimum Gasteiger partial charge on any atom is -0.379 e. The van der Waals surface area contributed by atoms with Gasteiger partial charge in [-0.2, -0.15) is 0 Å². The second kappa shape index (κ2) is 7.08. The molecule has 0 heterocycles. The molecule has 0 aliphatic heterocycles. The molecule has 0 bridgehead atoms. The van der Waals surface area contributed by atoms with Crippen LogP contribution in [0.15, 0.2) is 0 Å². The van der Waals surface area contributed by atoms with Gasteiger partial charge in [0.2, 0.25) is 0 Å². The van der Waals surface area contributed by atoms with E-state index in [0.29, 0.717) is 11.5 Å². The summed E-state index contributed by atoms with van der Waals surface area (Å²) in [4.78, 5) is 0. The van der Waals surface area contributed by atoms with E-state index in [1.807, 2.05) is 7.11 Å². The van der Waals surface area contributed by atoms with Gasteiger partial charge in [0.25, 0.3) is 0 Å². The summed E-state index contributed by atoms with van der Waals surface area (Å²) in [5, 5.41) is 3.81. The zero-order valence-electron chi connectivity index (χ0n) is 14.0. The Balaban J connectivity index is 2.61. The summed E-state index contributed by atoms with van der Waals surface area (Å²) >= 11 is 0. The third kappa shape index (κ3) is 5.07. The molecular weight excluding hydrogens is 234 g/mol. The van der Waals surface area contributed by atoms with Gasteiger partial charge in [-0.15, -0.1) is 0 Å². The first-order valence-electron chi connectivity index (χ1n) is 8.11. The molecule has 0 aromatic rings. The van der Waals surface area contributed by atoms with Crippen LogP contribution in [0.1, 0.15) is 73.1 Å².